The van der Waals surface area contributed by atoms with Gasteiger partial charge in [-0.2, -0.15) is 8.42 Å². The highest BCUT2D eigenvalue weighted by molar-refractivity contribution is 7.93. The van der Waals surface area contributed by atoms with Crippen molar-refractivity contribution < 1.29 is 25.2 Å². The van der Waals surface area contributed by atoms with E-state index in [9.17, 15) is 16.8 Å². The first-order valence-corrected chi connectivity index (χ1v) is 9.09. The molecule has 0 aromatic carbocycles. The largest absolute Gasteiger partial charge is 0.399 e. The fourth-order valence-corrected chi connectivity index (χ4v) is 6.58. The van der Waals surface area contributed by atoms with Crippen LogP contribution < -0.4 is 0 Å². The number of hydrogen-bond acceptors (Lipinski definition) is 6. The van der Waals surface area contributed by atoms with Crippen molar-refractivity contribution in [3.05, 3.63) is 0 Å². The zero-order valence-electron chi connectivity index (χ0n) is 9.82. The zero-order valence-corrected chi connectivity index (χ0v) is 11.5. The van der Waals surface area contributed by atoms with E-state index >= 15 is 0 Å². The summed E-state index contributed by atoms with van der Waals surface area (Å²) in [4.78, 5) is 0. The summed E-state index contributed by atoms with van der Waals surface area (Å²) in [7, 11) is -6.73. The van der Waals surface area contributed by atoms with Gasteiger partial charge in [0.05, 0.1) is 23.7 Å². The van der Waals surface area contributed by atoms with Crippen molar-refractivity contribution in [1.29, 1.82) is 0 Å². The summed E-state index contributed by atoms with van der Waals surface area (Å²) in [5.74, 6) is 0.189. The summed E-state index contributed by atoms with van der Waals surface area (Å²) >= 11 is 0. The topological polar surface area (TPSA) is 86.7 Å². The van der Waals surface area contributed by atoms with Crippen molar-refractivity contribution in [2.75, 3.05) is 13.2 Å². The van der Waals surface area contributed by atoms with E-state index in [1.165, 1.54) is 0 Å². The molecule has 8 heteroatoms. The third kappa shape index (κ3) is 2.09. The molecule has 3 heterocycles. The number of fused-ring (bicyclic) bond motifs is 2. The maximum Gasteiger partial charge on any atom is 0.399 e. The SMILES string of the molecule is O=S1(=O)OCC(C2CC3CCC(C2)S3(=O)=O)CO1. The fourth-order valence-electron chi connectivity index (χ4n) is 3.33. The molecule has 0 N–H and O–H groups in total. The number of sulfone groups is 1. The summed E-state index contributed by atoms with van der Waals surface area (Å²) in [5.41, 5.74) is 0. The van der Waals surface area contributed by atoms with Crippen LogP contribution in [0.4, 0.5) is 0 Å². The molecule has 0 amide bonds. The van der Waals surface area contributed by atoms with Crippen LogP contribution in [-0.2, 0) is 28.6 Å². The maximum absolute atomic E-state index is 11.9. The summed E-state index contributed by atoms with van der Waals surface area (Å²) < 4.78 is 55.2. The van der Waals surface area contributed by atoms with Crippen molar-refractivity contribution in [2.45, 2.75) is 36.2 Å². The Morgan fingerprint density at radius 3 is 1.78 bits per heavy atom. The molecule has 3 aliphatic heterocycles. The van der Waals surface area contributed by atoms with Crippen LogP contribution >= 0.6 is 0 Å². The Morgan fingerprint density at radius 2 is 1.28 bits per heavy atom. The van der Waals surface area contributed by atoms with Gasteiger partial charge in [-0.15, -0.1) is 0 Å². The van der Waals surface area contributed by atoms with Gasteiger partial charge in [0.15, 0.2) is 9.84 Å². The molecule has 0 saturated carbocycles. The van der Waals surface area contributed by atoms with Gasteiger partial charge >= 0.3 is 10.4 Å². The fraction of sp³-hybridized carbons (Fsp3) is 1.00. The van der Waals surface area contributed by atoms with Gasteiger partial charge in [-0.1, -0.05) is 0 Å². The molecule has 0 spiro atoms. The molecule has 2 atom stereocenters. The molecular formula is C10H16O6S2. The highest BCUT2D eigenvalue weighted by atomic mass is 32.3. The molecule has 3 fully saturated rings. The van der Waals surface area contributed by atoms with Crippen molar-refractivity contribution in [3.63, 3.8) is 0 Å². The maximum atomic E-state index is 11.9. The molecule has 2 bridgehead atoms. The number of rotatable bonds is 1. The highest BCUT2D eigenvalue weighted by Crippen LogP contribution is 2.44. The lowest BCUT2D eigenvalue weighted by molar-refractivity contribution is 0.0637. The summed E-state index contributed by atoms with van der Waals surface area (Å²) in [6, 6.07) is 0. The first kappa shape index (κ1) is 12.8. The van der Waals surface area contributed by atoms with E-state index in [1.54, 1.807) is 0 Å². The lowest BCUT2D eigenvalue weighted by Gasteiger charge is -2.34. The van der Waals surface area contributed by atoms with Gasteiger partial charge in [0.1, 0.15) is 0 Å². The van der Waals surface area contributed by atoms with E-state index in [0.29, 0.717) is 12.8 Å². The predicted octanol–water partition coefficient (Wildman–Crippen LogP) is 0.250. The van der Waals surface area contributed by atoms with E-state index in [1.807, 2.05) is 0 Å². The molecule has 0 aliphatic carbocycles. The third-order valence-corrected chi connectivity index (χ3v) is 7.95. The lowest BCUT2D eigenvalue weighted by Crippen LogP contribution is -2.40. The van der Waals surface area contributed by atoms with Crippen LogP contribution in [0.3, 0.4) is 0 Å². The van der Waals surface area contributed by atoms with Crippen LogP contribution in [0, 0.1) is 11.8 Å². The normalized spacial score (nSPS) is 42.8. The molecule has 104 valence electrons. The molecule has 3 saturated heterocycles. The van der Waals surface area contributed by atoms with Gasteiger partial charge in [-0.25, -0.2) is 16.8 Å². The summed E-state index contributed by atoms with van der Waals surface area (Å²) in [5, 5.41) is -0.473. The lowest BCUT2D eigenvalue weighted by atomic mass is 9.86. The second-order valence-corrected chi connectivity index (χ2v) is 9.18. The zero-order chi connectivity index (χ0) is 13.0. The van der Waals surface area contributed by atoms with Crippen LogP contribution in [0.15, 0.2) is 0 Å². The first-order valence-electron chi connectivity index (χ1n) is 6.15. The van der Waals surface area contributed by atoms with Crippen molar-refractivity contribution in [1.82, 2.24) is 0 Å². The first-order chi connectivity index (χ1) is 8.38. The Kier molecular flexibility index (Phi) is 2.96. The Bertz CT molecular complexity index is 503. The van der Waals surface area contributed by atoms with Crippen LogP contribution in [0.1, 0.15) is 25.7 Å². The van der Waals surface area contributed by atoms with E-state index in [0.717, 1.165) is 12.8 Å². The van der Waals surface area contributed by atoms with Gasteiger partial charge in [0, 0.05) is 5.92 Å². The Labute approximate surface area is 107 Å². The van der Waals surface area contributed by atoms with E-state index in [-0.39, 0.29) is 35.5 Å². The minimum absolute atomic E-state index is 0.00729. The molecule has 2 unspecified atom stereocenters. The minimum atomic E-state index is -3.81. The molecular weight excluding hydrogens is 280 g/mol. The van der Waals surface area contributed by atoms with Gasteiger partial charge < -0.3 is 0 Å². The highest BCUT2D eigenvalue weighted by Gasteiger charge is 2.49. The van der Waals surface area contributed by atoms with Crippen molar-refractivity contribution in [2.24, 2.45) is 11.8 Å². The van der Waals surface area contributed by atoms with Crippen LogP contribution in [-0.4, -0.2) is 40.5 Å². The van der Waals surface area contributed by atoms with Crippen molar-refractivity contribution in [3.8, 4) is 0 Å². The Balaban J connectivity index is 1.70. The standard InChI is InChI=1S/C10H16O6S2/c11-17(12)9-1-2-10(17)4-7(3-9)8-5-15-18(13,14)16-6-8/h7-10H,1-6H2. The summed E-state index contributed by atoms with van der Waals surface area (Å²) in [6.45, 7) is 0.235. The van der Waals surface area contributed by atoms with Gasteiger partial charge in [-0.05, 0) is 31.6 Å². The Hall–Kier alpha value is -0.180. The Morgan fingerprint density at radius 1 is 0.778 bits per heavy atom. The molecule has 6 nitrogen and oxygen atoms in total. The monoisotopic (exact) mass is 296 g/mol. The van der Waals surface area contributed by atoms with Crippen LogP contribution in [0.2, 0.25) is 0 Å². The van der Waals surface area contributed by atoms with Crippen molar-refractivity contribution >= 4 is 20.2 Å². The molecule has 3 aliphatic rings. The summed E-state index contributed by atoms with van der Waals surface area (Å²) in [6.07, 6.45) is 2.74. The second-order valence-electron chi connectivity index (χ2n) is 5.38. The molecule has 0 aromatic rings. The minimum Gasteiger partial charge on any atom is -0.248 e. The van der Waals surface area contributed by atoms with E-state index < -0.39 is 20.2 Å². The second kappa shape index (κ2) is 4.16. The molecule has 0 radical (unpaired) electrons. The number of hydrogen-bond donors (Lipinski definition) is 0. The quantitative estimate of drug-likeness (QED) is 0.689. The molecule has 18 heavy (non-hydrogen) atoms. The average molecular weight is 296 g/mol. The predicted molar refractivity (Wildman–Crippen MR) is 62.8 cm³/mol. The van der Waals surface area contributed by atoms with Gasteiger partial charge in [0.25, 0.3) is 0 Å². The average Bonchev–Trinajstić information content (AvgIpc) is 2.51. The third-order valence-electron chi connectivity index (χ3n) is 4.39. The van der Waals surface area contributed by atoms with E-state index in [2.05, 4.69) is 8.37 Å². The van der Waals surface area contributed by atoms with Gasteiger partial charge in [-0.3, -0.25) is 0 Å². The van der Waals surface area contributed by atoms with Crippen LogP contribution in [0.5, 0.6) is 0 Å². The molecule has 0 aromatic heterocycles. The van der Waals surface area contributed by atoms with E-state index in [4.69, 9.17) is 0 Å². The smallest absolute Gasteiger partial charge is 0.248 e. The van der Waals surface area contributed by atoms with Crippen LogP contribution in [0.25, 0.3) is 0 Å². The van der Waals surface area contributed by atoms with Gasteiger partial charge in [0.2, 0.25) is 0 Å². The molecule has 3 rings (SSSR count).